The number of aryl methyl sites for hydroxylation is 1. The number of hydrogen-bond acceptors (Lipinski definition) is 7. The number of methoxy groups -OCH3 is 1. The lowest BCUT2D eigenvalue weighted by Crippen LogP contribution is -2.43. The summed E-state index contributed by atoms with van der Waals surface area (Å²) in [6, 6.07) is 17.3. The number of nitrogens with zero attached hydrogens (tertiary/aromatic N) is 4. The monoisotopic (exact) mass is 643 g/mol. The van der Waals surface area contributed by atoms with Crippen LogP contribution in [0.15, 0.2) is 73.2 Å². The Morgan fingerprint density at radius 3 is 2.55 bits per heavy atom. The van der Waals surface area contributed by atoms with Gasteiger partial charge in [-0.05, 0) is 61.6 Å². The van der Waals surface area contributed by atoms with Crippen LogP contribution in [0, 0.1) is 5.92 Å². The molecule has 2 N–H and O–H groups in total. The van der Waals surface area contributed by atoms with Crippen molar-refractivity contribution < 1.29 is 33.7 Å². The Morgan fingerprint density at radius 2 is 1.77 bits per heavy atom. The predicted molar refractivity (Wildman–Crippen MR) is 175 cm³/mol. The van der Waals surface area contributed by atoms with Gasteiger partial charge in [0.05, 0.1) is 19.6 Å². The predicted octanol–water partition coefficient (Wildman–Crippen LogP) is 4.37. The quantitative estimate of drug-likeness (QED) is 0.314. The smallest absolute Gasteiger partial charge is 0.290 e. The molecule has 0 aliphatic carbocycles. The molecule has 12 heteroatoms. The minimum atomic E-state index is -0.295. The van der Waals surface area contributed by atoms with E-state index in [9.17, 15) is 9.59 Å². The van der Waals surface area contributed by atoms with Crippen LogP contribution in [-0.2, 0) is 22.6 Å². The van der Waals surface area contributed by atoms with Gasteiger partial charge in [0.25, 0.3) is 12.4 Å². The second-order valence-corrected chi connectivity index (χ2v) is 11.3. The van der Waals surface area contributed by atoms with Crippen LogP contribution in [0.1, 0.15) is 35.3 Å². The molecule has 4 heterocycles. The Labute approximate surface area is 273 Å². The van der Waals surface area contributed by atoms with Crippen molar-refractivity contribution in [3.05, 3.63) is 84.4 Å². The van der Waals surface area contributed by atoms with E-state index in [1.807, 2.05) is 70.6 Å². The Kier molecular flexibility index (Phi) is 11.5. The number of carbonyl (C=O) groups is 3. The largest absolute Gasteiger partial charge is 0.493 e. The second kappa shape index (κ2) is 16.3. The van der Waals surface area contributed by atoms with Gasteiger partial charge in [-0.25, -0.2) is 4.98 Å². The summed E-state index contributed by atoms with van der Waals surface area (Å²) in [6.45, 7) is 3.39. The number of fused-ring (bicyclic) bond motifs is 5. The number of carbonyl (C=O) groups excluding carboxylic acids is 2. The number of imidazole rings is 1. The third-order valence-corrected chi connectivity index (χ3v) is 8.32. The van der Waals surface area contributed by atoms with Crippen molar-refractivity contribution in [2.75, 3.05) is 46.5 Å². The number of para-hydroxylation sites is 1. The first kappa shape index (κ1) is 33.1. The van der Waals surface area contributed by atoms with Crippen LogP contribution in [0.3, 0.4) is 0 Å². The van der Waals surface area contributed by atoms with Gasteiger partial charge < -0.3 is 38.7 Å². The highest BCUT2D eigenvalue weighted by molar-refractivity contribution is 5.92. The van der Waals surface area contributed by atoms with E-state index in [1.54, 1.807) is 19.5 Å². The third kappa shape index (κ3) is 8.32. The van der Waals surface area contributed by atoms with E-state index < -0.39 is 0 Å². The third-order valence-electron chi connectivity index (χ3n) is 8.32. The summed E-state index contributed by atoms with van der Waals surface area (Å²) < 4.78 is 19.8. The summed E-state index contributed by atoms with van der Waals surface area (Å²) >= 11 is 0. The zero-order valence-electron chi connectivity index (χ0n) is 26.5. The normalized spacial score (nSPS) is 16.9. The molecule has 2 bridgehead atoms. The molecule has 12 nitrogen and oxygen atoms in total. The average Bonchev–Trinajstić information content (AvgIpc) is 3.81. The fourth-order valence-electron chi connectivity index (χ4n) is 6.04. The van der Waals surface area contributed by atoms with Crippen LogP contribution >= 0.6 is 0 Å². The van der Waals surface area contributed by atoms with E-state index in [-0.39, 0.29) is 24.2 Å². The molecule has 0 radical (unpaired) electrons. The molecule has 2 aliphatic heterocycles. The van der Waals surface area contributed by atoms with Gasteiger partial charge in [0, 0.05) is 50.3 Å². The molecule has 6 rings (SSSR count). The number of carboxylic acid groups (broad SMARTS) is 1. The van der Waals surface area contributed by atoms with Crippen LogP contribution in [-0.4, -0.2) is 94.2 Å². The topological polar surface area (TPSA) is 139 Å². The molecule has 2 amide bonds. The van der Waals surface area contributed by atoms with Crippen LogP contribution in [0.5, 0.6) is 17.2 Å². The summed E-state index contributed by atoms with van der Waals surface area (Å²) in [5, 5.41) is 6.89. The maximum absolute atomic E-state index is 13.9. The molecule has 2 aromatic heterocycles. The lowest BCUT2D eigenvalue weighted by atomic mass is 9.95. The van der Waals surface area contributed by atoms with Crippen molar-refractivity contribution in [2.45, 2.75) is 32.2 Å². The molecule has 1 atom stereocenters. The summed E-state index contributed by atoms with van der Waals surface area (Å²) in [4.78, 5) is 47.1. The number of aromatic nitrogens is 3. The molecule has 0 fully saturated rings. The van der Waals surface area contributed by atoms with Gasteiger partial charge >= 0.3 is 0 Å². The van der Waals surface area contributed by atoms with Crippen LogP contribution < -0.4 is 14.2 Å². The van der Waals surface area contributed by atoms with Crippen molar-refractivity contribution in [3.63, 3.8) is 0 Å². The molecule has 1 unspecified atom stereocenters. The molecular formula is C35H41N5O7. The molecular weight excluding hydrogens is 602 g/mol. The van der Waals surface area contributed by atoms with Gasteiger partial charge in [-0.3, -0.25) is 14.4 Å². The first-order valence-corrected chi connectivity index (χ1v) is 15.8. The van der Waals surface area contributed by atoms with E-state index in [2.05, 4.69) is 14.5 Å². The van der Waals surface area contributed by atoms with Crippen LogP contribution in [0.25, 0.3) is 11.4 Å². The van der Waals surface area contributed by atoms with Crippen molar-refractivity contribution in [2.24, 2.45) is 5.92 Å². The van der Waals surface area contributed by atoms with Gasteiger partial charge in [0.1, 0.15) is 30.5 Å². The highest BCUT2D eigenvalue weighted by Crippen LogP contribution is 2.36. The van der Waals surface area contributed by atoms with Crippen molar-refractivity contribution in [1.82, 2.24) is 24.3 Å². The van der Waals surface area contributed by atoms with Gasteiger partial charge in [0.15, 0.2) is 11.5 Å². The fraction of sp³-hybridized carbons (Fsp3) is 0.371. The van der Waals surface area contributed by atoms with Gasteiger partial charge in [0.2, 0.25) is 5.91 Å². The summed E-state index contributed by atoms with van der Waals surface area (Å²) in [5.41, 5.74) is 2.51. The molecule has 248 valence electrons. The molecule has 0 saturated carbocycles. The molecule has 0 spiro atoms. The van der Waals surface area contributed by atoms with E-state index in [0.717, 1.165) is 54.3 Å². The number of rotatable bonds is 3. The van der Waals surface area contributed by atoms with Crippen LogP contribution in [0.2, 0.25) is 0 Å². The maximum Gasteiger partial charge on any atom is 0.290 e. The molecule has 0 saturated heterocycles. The number of H-pyrrole nitrogens is 1. The van der Waals surface area contributed by atoms with E-state index in [4.69, 9.17) is 24.1 Å². The standard InChI is InChI=1S/C34H39N5O5.CH2O2/c1-42-30-12-5-8-25-22-27(24-44-31(25)30)33(40)39-16-3-2-15-38(34(41)29-11-6-13-35-29)18-7-17-37-19-14-36-32(37)26-9-4-10-28(23-26)43-21-20-39;2-1-3/h4-6,8-14,19,23,27,35H,2-3,7,15-18,20-22,24H2,1H3;1H,(H,2,3). The van der Waals surface area contributed by atoms with Crippen molar-refractivity contribution >= 4 is 18.3 Å². The minimum absolute atomic E-state index is 0.0127. The second-order valence-electron chi connectivity index (χ2n) is 11.3. The van der Waals surface area contributed by atoms with Gasteiger partial charge in [-0.15, -0.1) is 0 Å². The number of amides is 2. The van der Waals surface area contributed by atoms with Crippen LogP contribution in [0.4, 0.5) is 0 Å². The zero-order chi connectivity index (χ0) is 33.0. The summed E-state index contributed by atoms with van der Waals surface area (Å²) in [7, 11) is 1.62. The number of aromatic amines is 1. The fourth-order valence-corrected chi connectivity index (χ4v) is 6.04. The SMILES string of the molecule is COc1cccc2c1OCC(C(=O)N1CCCCN(C(=O)c3ccc[nH]3)CCCn3ccnc3-c3cccc(c3)OCC1)C2.O=CO. The maximum atomic E-state index is 13.9. The lowest BCUT2D eigenvalue weighted by molar-refractivity contribution is -0.137. The summed E-state index contributed by atoms with van der Waals surface area (Å²) in [6.07, 6.45) is 8.46. The van der Waals surface area contributed by atoms with Gasteiger partial charge in [-0.2, -0.15) is 0 Å². The Hall–Kier alpha value is -5.26. The Bertz CT molecular complexity index is 1620. The summed E-state index contributed by atoms with van der Waals surface area (Å²) in [5.74, 6) is 2.74. The molecule has 2 aromatic carbocycles. The van der Waals surface area contributed by atoms with E-state index in [0.29, 0.717) is 57.3 Å². The molecule has 2 aliphatic rings. The van der Waals surface area contributed by atoms with E-state index in [1.165, 1.54) is 0 Å². The van der Waals surface area contributed by atoms with Crippen molar-refractivity contribution in [1.29, 1.82) is 0 Å². The number of hydrogen-bond donors (Lipinski definition) is 2. The highest BCUT2D eigenvalue weighted by Gasteiger charge is 2.31. The molecule has 4 aromatic rings. The zero-order valence-corrected chi connectivity index (χ0v) is 26.5. The first-order chi connectivity index (χ1) is 23.0. The molecule has 47 heavy (non-hydrogen) atoms. The number of benzene rings is 2. The first-order valence-electron chi connectivity index (χ1n) is 15.8. The highest BCUT2D eigenvalue weighted by atomic mass is 16.5. The van der Waals surface area contributed by atoms with Crippen molar-refractivity contribution in [3.8, 4) is 28.6 Å². The lowest BCUT2D eigenvalue weighted by Gasteiger charge is -2.31. The number of ether oxygens (including phenoxy) is 3. The van der Waals surface area contributed by atoms with Gasteiger partial charge in [-0.1, -0.05) is 24.3 Å². The average molecular weight is 644 g/mol. The Balaban J connectivity index is 0.00000139. The minimum Gasteiger partial charge on any atom is -0.493 e. The Morgan fingerprint density at radius 1 is 0.979 bits per heavy atom. The number of nitrogens with one attached hydrogen (secondary N) is 1. The van der Waals surface area contributed by atoms with E-state index >= 15 is 0 Å².